The van der Waals surface area contributed by atoms with Gasteiger partial charge in [-0.2, -0.15) is 4.31 Å². The van der Waals surface area contributed by atoms with Gasteiger partial charge < -0.3 is 5.32 Å². The zero-order valence-corrected chi connectivity index (χ0v) is 12.4. The number of sulfonamides is 1. The van der Waals surface area contributed by atoms with Crippen LogP contribution in [0.15, 0.2) is 21.7 Å². The fraction of sp³-hybridized carbons (Fsp3) is 0.667. The minimum Gasteiger partial charge on any atom is -0.317 e. The molecule has 0 bridgehead atoms. The Kier molecular flexibility index (Phi) is 4.42. The maximum absolute atomic E-state index is 12.3. The third kappa shape index (κ3) is 2.77. The Morgan fingerprint density at radius 3 is 2.61 bits per heavy atom. The first-order valence-electron chi connectivity index (χ1n) is 6.26. The van der Waals surface area contributed by atoms with E-state index in [0.717, 1.165) is 12.8 Å². The quantitative estimate of drug-likeness (QED) is 0.918. The first kappa shape index (κ1) is 14.0. The minimum atomic E-state index is -3.24. The molecule has 1 N–H and O–H groups in total. The van der Waals surface area contributed by atoms with E-state index in [0.29, 0.717) is 29.3 Å². The van der Waals surface area contributed by atoms with Crippen LogP contribution < -0.4 is 5.32 Å². The van der Waals surface area contributed by atoms with Gasteiger partial charge in [0.2, 0.25) is 0 Å². The van der Waals surface area contributed by atoms with Crippen LogP contribution in [0.1, 0.15) is 19.8 Å². The first-order chi connectivity index (χ1) is 8.55. The Balaban J connectivity index is 2.02. The van der Waals surface area contributed by atoms with Crippen molar-refractivity contribution in [2.24, 2.45) is 5.92 Å². The maximum atomic E-state index is 12.3. The Bertz CT molecular complexity index is 462. The van der Waals surface area contributed by atoms with Gasteiger partial charge in [0.05, 0.1) is 0 Å². The molecule has 1 aliphatic rings. The van der Waals surface area contributed by atoms with Gasteiger partial charge in [-0.1, -0.05) is 6.07 Å². The van der Waals surface area contributed by atoms with Crippen LogP contribution >= 0.6 is 11.3 Å². The van der Waals surface area contributed by atoms with Crippen LogP contribution in [0.5, 0.6) is 0 Å². The number of thiophene rings is 1. The summed E-state index contributed by atoms with van der Waals surface area (Å²) < 4.78 is 26.7. The number of nitrogens with one attached hydrogen (secondary N) is 1. The number of hydrogen-bond donors (Lipinski definition) is 1. The van der Waals surface area contributed by atoms with Crippen LogP contribution in [0.4, 0.5) is 0 Å². The van der Waals surface area contributed by atoms with Crippen molar-refractivity contribution >= 4 is 21.4 Å². The molecule has 1 unspecified atom stereocenters. The van der Waals surface area contributed by atoms with E-state index in [4.69, 9.17) is 0 Å². The first-order valence-corrected chi connectivity index (χ1v) is 8.58. The molecule has 6 heteroatoms. The van der Waals surface area contributed by atoms with E-state index in [1.807, 2.05) is 12.4 Å². The molecule has 2 heterocycles. The molecular formula is C12H20N2O2S2. The monoisotopic (exact) mass is 288 g/mol. The van der Waals surface area contributed by atoms with E-state index in [1.54, 1.807) is 16.4 Å². The highest BCUT2D eigenvalue weighted by Crippen LogP contribution is 2.27. The van der Waals surface area contributed by atoms with Gasteiger partial charge >= 0.3 is 0 Å². The Labute approximate surface area is 113 Å². The van der Waals surface area contributed by atoms with Crippen LogP contribution in [-0.2, 0) is 10.0 Å². The normalized spacial score (nSPS) is 21.0. The fourth-order valence-corrected chi connectivity index (χ4v) is 5.00. The molecule has 18 heavy (non-hydrogen) atoms. The van der Waals surface area contributed by atoms with Crippen molar-refractivity contribution in [3.8, 4) is 0 Å². The Morgan fingerprint density at radius 1 is 1.44 bits per heavy atom. The lowest BCUT2D eigenvalue weighted by atomic mass is 9.91. The fourth-order valence-electron chi connectivity index (χ4n) is 2.39. The third-order valence-corrected chi connectivity index (χ3v) is 7.02. The molecule has 0 amide bonds. The molecule has 0 saturated carbocycles. The van der Waals surface area contributed by atoms with Gasteiger partial charge in [-0.3, -0.25) is 0 Å². The zero-order chi connectivity index (χ0) is 13.2. The summed E-state index contributed by atoms with van der Waals surface area (Å²) in [5.74, 6) is 0.574. The van der Waals surface area contributed by atoms with Gasteiger partial charge in [0.15, 0.2) is 0 Å². The molecule has 1 fully saturated rings. The number of nitrogens with zero attached hydrogens (tertiary/aromatic N) is 1. The lowest BCUT2D eigenvalue weighted by molar-refractivity contribution is 0.237. The summed E-state index contributed by atoms with van der Waals surface area (Å²) in [6, 6.07) is 3.92. The average molecular weight is 288 g/mol. The molecule has 0 aliphatic carbocycles. The van der Waals surface area contributed by atoms with Crippen molar-refractivity contribution in [3.63, 3.8) is 0 Å². The number of hydrogen-bond acceptors (Lipinski definition) is 4. The van der Waals surface area contributed by atoms with Crippen molar-refractivity contribution in [2.75, 3.05) is 20.1 Å². The Morgan fingerprint density at radius 2 is 2.11 bits per heavy atom. The molecule has 1 aliphatic heterocycles. The smallest absolute Gasteiger partial charge is 0.252 e. The summed E-state index contributed by atoms with van der Waals surface area (Å²) in [6.45, 7) is 3.43. The second kappa shape index (κ2) is 5.69. The van der Waals surface area contributed by atoms with Crippen LogP contribution in [0.3, 0.4) is 0 Å². The van der Waals surface area contributed by atoms with Gasteiger partial charge in [-0.25, -0.2) is 8.42 Å². The third-order valence-electron chi connectivity index (χ3n) is 3.75. The molecule has 0 spiro atoms. The van der Waals surface area contributed by atoms with E-state index in [1.165, 1.54) is 11.3 Å². The summed E-state index contributed by atoms with van der Waals surface area (Å²) >= 11 is 1.29. The molecule has 1 saturated heterocycles. The summed E-state index contributed by atoms with van der Waals surface area (Å²) in [7, 11) is -1.29. The van der Waals surface area contributed by atoms with Crippen molar-refractivity contribution < 1.29 is 8.42 Å². The van der Waals surface area contributed by atoms with Crippen LogP contribution in [-0.4, -0.2) is 38.9 Å². The van der Waals surface area contributed by atoms with E-state index >= 15 is 0 Å². The Hall–Kier alpha value is -0.430. The van der Waals surface area contributed by atoms with Gasteiger partial charge in [0.25, 0.3) is 10.0 Å². The number of piperidine rings is 1. The van der Waals surface area contributed by atoms with Gasteiger partial charge in [-0.15, -0.1) is 11.3 Å². The van der Waals surface area contributed by atoms with E-state index in [-0.39, 0.29) is 0 Å². The van der Waals surface area contributed by atoms with Gasteiger partial charge in [0.1, 0.15) is 4.21 Å². The minimum absolute atomic E-state index is 0.455. The predicted molar refractivity (Wildman–Crippen MR) is 74.3 cm³/mol. The van der Waals surface area contributed by atoms with Crippen molar-refractivity contribution in [2.45, 2.75) is 30.0 Å². The maximum Gasteiger partial charge on any atom is 0.252 e. The summed E-state index contributed by atoms with van der Waals surface area (Å²) in [4.78, 5) is 0. The summed E-state index contributed by atoms with van der Waals surface area (Å²) in [5, 5.41) is 5.06. The molecule has 1 atom stereocenters. The largest absolute Gasteiger partial charge is 0.317 e. The second-order valence-electron chi connectivity index (χ2n) is 4.75. The molecule has 0 aromatic carbocycles. The standard InChI is InChI=1S/C12H20N2O2S2/c1-10(13-2)11-5-7-14(8-6-11)18(15,16)12-4-3-9-17-12/h3-4,9-11,13H,5-8H2,1-2H3. The van der Waals surface area contributed by atoms with Gasteiger partial charge in [-0.05, 0) is 44.2 Å². The highest BCUT2D eigenvalue weighted by Gasteiger charge is 2.31. The molecule has 1 aromatic rings. The highest BCUT2D eigenvalue weighted by atomic mass is 32.2. The molecule has 1 aromatic heterocycles. The summed E-state index contributed by atoms with van der Waals surface area (Å²) in [6.07, 6.45) is 1.87. The van der Waals surface area contributed by atoms with E-state index in [9.17, 15) is 8.42 Å². The lowest BCUT2D eigenvalue weighted by Crippen LogP contribution is -2.43. The molecule has 0 radical (unpaired) electrons. The summed E-state index contributed by atoms with van der Waals surface area (Å²) in [5.41, 5.74) is 0. The van der Waals surface area contributed by atoms with Crippen LogP contribution in [0.25, 0.3) is 0 Å². The van der Waals surface area contributed by atoms with Crippen molar-refractivity contribution in [1.29, 1.82) is 0 Å². The van der Waals surface area contributed by atoms with Gasteiger partial charge in [0, 0.05) is 19.1 Å². The van der Waals surface area contributed by atoms with Crippen LogP contribution in [0.2, 0.25) is 0 Å². The molecule has 2 rings (SSSR count). The van der Waals surface area contributed by atoms with Crippen molar-refractivity contribution in [3.05, 3.63) is 17.5 Å². The number of rotatable bonds is 4. The van der Waals surface area contributed by atoms with E-state index < -0.39 is 10.0 Å². The van der Waals surface area contributed by atoms with E-state index in [2.05, 4.69) is 12.2 Å². The average Bonchev–Trinajstić information content (AvgIpc) is 2.92. The van der Waals surface area contributed by atoms with Crippen LogP contribution in [0, 0.1) is 5.92 Å². The topological polar surface area (TPSA) is 49.4 Å². The highest BCUT2D eigenvalue weighted by molar-refractivity contribution is 7.91. The zero-order valence-electron chi connectivity index (χ0n) is 10.8. The lowest BCUT2D eigenvalue weighted by Gasteiger charge is -2.33. The second-order valence-corrected chi connectivity index (χ2v) is 7.86. The molecule has 4 nitrogen and oxygen atoms in total. The predicted octanol–water partition coefficient (Wildman–Crippen LogP) is 1.76. The molecule has 102 valence electrons. The molecular weight excluding hydrogens is 268 g/mol. The van der Waals surface area contributed by atoms with Crippen molar-refractivity contribution in [1.82, 2.24) is 9.62 Å². The SMILES string of the molecule is CNC(C)C1CCN(S(=O)(=O)c2cccs2)CC1.